The van der Waals surface area contributed by atoms with Crippen LogP contribution in [0.1, 0.15) is 35.0 Å². The number of rotatable bonds is 6. The second-order valence-corrected chi connectivity index (χ2v) is 11.0. The van der Waals surface area contributed by atoms with Crippen molar-refractivity contribution in [3.05, 3.63) is 78.2 Å². The summed E-state index contributed by atoms with van der Waals surface area (Å²) >= 11 is 1.44. The molecule has 1 aliphatic carbocycles. The first-order chi connectivity index (χ1) is 18.0. The summed E-state index contributed by atoms with van der Waals surface area (Å²) in [5, 5.41) is 3.09. The Kier molecular flexibility index (Phi) is 5.83. The number of likely N-dealkylation sites (tertiary alicyclic amines) is 1. The molecule has 3 heterocycles. The lowest BCUT2D eigenvalue weighted by atomic mass is 9.65. The summed E-state index contributed by atoms with van der Waals surface area (Å²) in [6, 6.07) is 19.8. The summed E-state index contributed by atoms with van der Waals surface area (Å²) in [4.78, 5) is 33.7. The maximum absolute atomic E-state index is 13.3. The topological polar surface area (TPSA) is 76.5 Å². The van der Waals surface area contributed by atoms with Crippen LogP contribution in [0, 0.1) is 5.41 Å². The van der Waals surface area contributed by atoms with Gasteiger partial charge in [0.15, 0.2) is 0 Å². The summed E-state index contributed by atoms with van der Waals surface area (Å²) in [6.07, 6.45) is 4.31. The molecule has 1 saturated heterocycles. The number of thiophene rings is 1. The van der Waals surface area contributed by atoms with Crippen molar-refractivity contribution in [1.29, 1.82) is 0 Å². The molecule has 7 nitrogen and oxygen atoms in total. The largest absolute Gasteiger partial charge is 0.497 e. The maximum atomic E-state index is 13.3. The second kappa shape index (κ2) is 9.19. The van der Waals surface area contributed by atoms with Crippen LogP contribution in [-0.4, -0.2) is 46.5 Å². The fourth-order valence-electron chi connectivity index (χ4n) is 5.76. The Hall–Kier alpha value is -3.91. The van der Waals surface area contributed by atoms with Crippen LogP contribution in [0.5, 0.6) is 5.75 Å². The monoisotopic (exact) mass is 512 g/mol. The van der Waals surface area contributed by atoms with E-state index in [0.717, 1.165) is 59.6 Å². The summed E-state index contributed by atoms with van der Waals surface area (Å²) in [6.45, 7) is 5.17. The smallest absolute Gasteiger partial charge is 0.268 e. The van der Waals surface area contributed by atoms with E-state index < -0.39 is 0 Å². The average Bonchev–Trinajstić information content (AvgIpc) is 3.64. The van der Waals surface area contributed by atoms with Gasteiger partial charge < -0.3 is 14.2 Å². The van der Waals surface area contributed by atoms with Crippen molar-refractivity contribution < 1.29 is 14.3 Å². The van der Waals surface area contributed by atoms with Crippen LogP contribution in [0.2, 0.25) is 0 Å². The molecule has 1 spiro atoms. The molecule has 1 saturated carbocycles. The summed E-state index contributed by atoms with van der Waals surface area (Å²) in [5.41, 5.74) is 3.01. The number of amides is 2. The SMILES string of the molecule is C=CC(=O)N1CCC2(CC(n3c(NC(=O)c4ccc(-c5cccc(OC)c5)s4)nc4ccccc43)C2)C1. The number of carbonyl (C=O) groups is 2. The Morgan fingerprint density at radius 1 is 1.16 bits per heavy atom. The molecule has 2 amide bonds. The predicted molar refractivity (Wildman–Crippen MR) is 146 cm³/mol. The van der Waals surface area contributed by atoms with Gasteiger partial charge in [-0.25, -0.2) is 4.98 Å². The zero-order valence-corrected chi connectivity index (χ0v) is 21.5. The van der Waals surface area contributed by atoms with Crippen LogP contribution in [0.3, 0.4) is 0 Å². The fourth-order valence-corrected chi connectivity index (χ4v) is 6.66. The summed E-state index contributed by atoms with van der Waals surface area (Å²) in [5.74, 6) is 1.18. The summed E-state index contributed by atoms with van der Waals surface area (Å²) in [7, 11) is 1.64. The Morgan fingerprint density at radius 3 is 2.81 bits per heavy atom. The van der Waals surface area contributed by atoms with Gasteiger partial charge in [0.05, 0.1) is 23.0 Å². The number of carbonyl (C=O) groups excluding carboxylic acids is 2. The van der Waals surface area contributed by atoms with Crippen molar-refractivity contribution in [2.24, 2.45) is 5.41 Å². The van der Waals surface area contributed by atoms with Crippen molar-refractivity contribution in [2.45, 2.75) is 25.3 Å². The minimum atomic E-state index is -0.173. The number of nitrogens with one attached hydrogen (secondary N) is 1. The van der Waals surface area contributed by atoms with E-state index in [4.69, 9.17) is 9.72 Å². The first kappa shape index (κ1) is 23.5. The normalized spacial score (nSPS) is 20.7. The minimum absolute atomic E-state index is 0.00521. The molecule has 0 unspecified atom stereocenters. The maximum Gasteiger partial charge on any atom is 0.268 e. The molecular formula is C29H28N4O3S. The molecule has 37 heavy (non-hydrogen) atoms. The van der Waals surface area contributed by atoms with Gasteiger partial charge in [0.2, 0.25) is 11.9 Å². The number of benzene rings is 2. The molecule has 188 valence electrons. The van der Waals surface area contributed by atoms with Crippen molar-refractivity contribution in [3.63, 3.8) is 0 Å². The van der Waals surface area contributed by atoms with Crippen molar-refractivity contribution in [1.82, 2.24) is 14.5 Å². The predicted octanol–water partition coefficient (Wildman–Crippen LogP) is 5.77. The Morgan fingerprint density at radius 2 is 2.00 bits per heavy atom. The van der Waals surface area contributed by atoms with Gasteiger partial charge in [-0.05, 0) is 72.7 Å². The highest BCUT2D eigenvalue weighted by Crippen LogP contribution is 2.55. The van der Waals surface area contributed by atoms with Gasteiger partial charge in [0, 0.05) is 24.0 Å². The molecule has 2 fully saturated rings. The van der Waals surface area contributed by atoms with E-state index in [9.17, 15) is 9.59 Å². The van der Waals surface area contributed by atoms with Gasteiger partial charge in [-0.2, -0.15) is 0 Å². The molecule has 0 atom stereocenters. The number of hydrogen-bond donors (Lipinski definition) is 1. The number of fused-ring (bicyclic) bond motifs is 1. The van der Waals surface area contributed by atoms with Gasteiger partial charge >= 0.3 is 0 Å². The van der Waals surface area contributed by atoms with E-state index in [1.54, 1.807) is 7.11 Å². The minimum Gasteiger partial charge on any atom is -0.497 e. The van der Waals surface area contributed by atoms with E-state index in [1.165, 1.54) is 17.4 Å². The van der Waals surface area contributed by atoms with Gasteiger partial charge in [0.1, 0.15) is 5.75 Å². The Labute approximate surface area is 219 Å². The first-order valence-electron chi connectivity index (χ1n) is 12.4. The van der Waals surface area contributed by atoms with Gasteiger partial charge in [-0.3, -0.25) is 14.9 Å². The highest BCUT2D eigenvalue weighted by atomic mass is 32.1. The van der Waals surface area contributed by atoms with E-state index in [-0.39, 0.29) is 23.3 Å². The quantitative estimate of drug-likeness (QED) is 0.333. The highest BCUT2D eigenvalue weighted by Gasteiger charge is 2.50. The molecule has 2 aromatic heterocycles. The number of para-hydroxylation sites is 2. The van der Waals surface area contributed by atoms with Crippen LogP contribution < -0.4 is 10.1 Å². The van der Waals surface area contributed by atoms with Crippen LogP contribution in [0.4, 0.5) is 5.95 Å². The van der Waals surface area contributed by atoms with Crippen molar-refractivity contribution in [2.75, 3.05) is 25.5 Å². The van der Waals surface area contributed by atoms with Crippen LogP contribution in [0.25, 0.3) is 21.5 Å². The number of nitrogens with zero attached hydrogens (tertiary/aromatic N) is 3. The second-order valence-electron chi connectivity index (χ2n) is 9.92. The fraction of sp³-hybridized carbons (Fsp3) is 0.276. The van der Waals surface area contributed by atoms with Gasteiger partial charge in [0.25, 0.3) is 5.91 Å². The van der Waals surface area contributed by atoms with Crippen molar-refractivity contribution >= 4 is 40.1 Å². The third-order valence-electron chi connectivity index (χ3n) is 7.63. The number of ether oxygens (including phenoxy) is 1. The van der Waals surface area contributed by atoms with E-state index >= 15 is 0 Å². The average molecular weight is 513 g/mol. The van der Waals surface area contributed by atoms with Crippen LogP contribution >= 0.6 is 11.3 Å². The first-order valence-corrected chi connectivity index (χ1v) is 13.2. The lowest BCUT2D eigenvalue weighted by Gasteiger charge is -2.46. The molecule has 2 aliphatic rings. The number of anilines is 1. The van der Waals surface area contributed by atoms with Gasteiger partial charge in [-0.1, -0.05) is 30.8 Å². The summed E-state index contributed by atoms with van der Waals surface area (Å²) < 4.78 is 7.51. The molecule has 0 bridgehead atoms. The number of hydrogen-bond acceptors (Lipinski definition) is 5. The van der Waals surface area contributed by atoms with E-state index in [1.807, 2.05) is 59.5 Å². The van der Waals surface area contributed by atoms with Gasteiger partial charge in [-0.15, -0.1) is 11.3 Å². The zero-order chi connectivity index (χ0) is 25.6. The molecule has 1 N–H and O–H groups in total. The zero-order valence-electron chi connectivity index (χ0n) is 20.6. The molecule has 6 rings (SSSR count). The number of aromatic nitrogens is 2. The molecule has 4 aromatic rings. The van der Waals surface area contributed by atoms with Crippen LogP contribution in [-0.2, 0) is 4.79 Å². The standard InChI is InChI=1S/C29H28N4O3S/c1-3-26(34)32-14-13-29(18-32)16-20(17-29)33-23-10-5-4-9-22(23)30-28(33)31-27(35)25-12-11-24(37-25)19-7-6-8-21(15-19)36-2/h3-12,15,20H,1,13-14,16-18H2,2H3,(H,30,31,35). The Bertz CT molecular complexity index is 1510. The Balaban J connectivity index is 1.23. The third kappa shape index (κ3) is 4.21. The van der Waals surface area contributed by atoms with Crippen LogP contribution in [0.15, 0.2) is 73.3 Å². The molecule has 8 heteroatoms. The lowest BCUT2D eigenvalue weighted by molar-refractivity contribution is -0.125. The lowest BCUT2D eigenvalue weighted by Crippen LogP contribution is -2.42. The third-order valence-corrected chi connectivity index (χ3v) is 8.77. The molecule has 1 aliphatic heterocycles. The molecular weight excluding hydrogens is 484 g/mol. The van der Waals surface area contributed by atoms with E-state index in [2.05, 4.69) is 22.5 Å². The number of methoxy groups -OCH3 is 1. The molecule has 0 radical (unpaired) electrons. The highest BCUT2D eigenvalue weighted by molar-refractivity contribution is 7.17. The van der Waals surface area contributed by atoms with E-state index in [0.29, 0.717) is 10.8 Å². The number of imidazole rings is 1. The van der Waals surface area contributed by atoms with Crippen molar-refractivity contribution in [3.8, 4) is 16.2 Å². The molecule has 2 aromatic carbocycles.